The van der Waals surface area contributed by atoms with Crippen molar-refractivity contribution in [2.24, 2.45) is 10.9 Å². The zero-order valence-corrected chi connectivity index (χ0v) is 15.6. The van der Waals surface area contributed by atoms with E-state index in [1.807, 2.05) is 11.6 Å². The van der Waals surface area contributed by atoms with Crippen molar-refractivity contribution in [1.29, 1.82) is 0 Å². The van der Waals surface area contributed by atoms with Gasteiger partial charge in [-0.25, -0.2) is 4.99 Å². The highest BCUT2D eigenvalue weighted by atomic mass is 16.5. The first-order chi connectivity index (χ1) is 11.0. The van der Waals surface area contributed by atoms with Crippen LogP contribution in [-0.2, 0) is 17.8 Å². The molecule has 0 unspecified atom stereocenters. The molecule has 0 amide bonds. The van der Waals surface area contributed by atoms with Crippen LogP contribution in [0.4, 0.5) is 0 Å². The molecule has 1 rings (SSSR count). The first-order valence-electron chi connectivity index (χ1n) is 8.53. The number of hydrogen-bond donors (Lipinski definition) is 2. The number of rotatable bonds is 9. The summed E-state index contributed by atoms with van der Waals surface area (Å²) < 4.78 is 7.14. The van der Waals surface area contributed by atoms with Gasteiger partial charge in [0.1, 0.15) is 0 Å². The SMILES string of the molecule is CCNC(=NCc1c(C)nn(CCOC)c1C)NCCC(C)C. The summed E-state index contributed by atoms with van der Waals surface area (Å²) in [4.78, 5) is 4.71. The van der Waals surface area contributed by atoms with Crippen LogP contribution >= 0.6 is 0 Å². The quantitative estimate of drug-likeness (QED) is 0.540. The molecular formula is C17H33N5O. The third-order valence-corrected chi connectivity index (χ3v) is 3.79. The number of hydrogen-bond acceptors (Lipinski definition) is 3. The van der Waals surface area contributed by atoms with Crippen molar-refractivity contribution in [1.82, 2.24) is 20.4 Å². The minimum Gasteiger partial charge on any atom is -0.383 e. The summed E-state index contributed by atoms with van der Waals surface area (Å²) in [6.45, 7) is 14.6. The average molecular weight is 323 g/mol. The van der Waals surface area contributed by atoms with Gasteiger partial charge in [0.25, 0.3) is 0 Å². The van der Waals surface area contributed by atoms with E-state index in [-0.39, 0.29) is 0 Å². The molecule has 1 aromatic rings. The van der Waals surface area contributed by atoms with Gasteiger partial charge in [-0.2, -0.15) is 5.10 Å². The van der Waals surface area contributed by atoms with E-state index in [1.54, 1.807) is 7.11 Å². The first kappa shape index (κ1) is 19.5. The van der Waals surface area contributed by atoms with Crippen LogP contribution in [0.2, 0.25) is 0 Å². The lowest BCUT2D eigenvalue weighted by Gasteiger charge is -2.12. The van der Waals surface area contributed by atoms with Gasteiger partial charge in [0.05, 0.1) is 25.4 Å². The molecule has 23 heavy (non-hydrogen) atoms. The molecule has 2 N–H and O–H groups in total. The Labute approximate surface area is 140 Å². The summed E-state index contributed by atoms with van der Waals surface area (Å²) in [5.41, 5.74) is 3.41. The van der Waals surface area contributed by atoms with Crippen molar-refractivity contribution in [2.75, 3.05) is 26.8 Å². The number of aliphatic imine (C=N–C) groups is 1. The van der Waals surface area contributed by atoms with Gasteiger partial charge < -0.3 is 15.4 Å². The largest absolute Gasteiger partial charge is 0.383 e. The minimum absolute atomic E-state index is 0.641. The molecule has 0 aliphatic heterocycles. The van der Waals surface area contributed by atoms with E-state index in [1.165, 1.54) is 11.3 Å². The zero-order valence-electron chi connectivity index (χ0n) is 15.6. The summed E-state index contributed by atoms with van der Waals surface area (Å²) in [5, 5.41) is 11.3. The van der Waals surface area contributed by atoms with Crippen molar-refractivity contribution in [3.8, 4) is 0 Å². The molecule has 0 fully saturated rings. The fraction of sp³-hybridized carbons (Fsp3) is 0.765. The molecule has 0 aliphatic carbocycles. The van der Waals surface area contributed by atoms with Gasteiger partial charge >= 0.3 is 0 Å². The van der Waals surface area contributed by atoms with Crippen LogP contribution in [-0.4, -0.2) is 42.5 Å². The number of aromatic nitrogens is 2. The van der Waals surface area contributed by atoms with E-state index in [9.17, 15) is 0 Å². The molecular weight excluding hydrogens is 290 g/mol. The Kier molecular flexibility index (Phi) is 8.69. The van der Waals surface area contributed by atoms with E-state index >= 15 is 0 Å². The molecule has 0 bridgehead atoms. The lowest BCUT2D eigenvalue weighted by Crippen LogP contribution is -2.38. The summed E-state index contributed by atoms with van der Waals surface area (Å²) in [6.07, 6.45) is 1.14. The summed E-state index contributed by atoms with van der Waals surface area (Å²) in [7, 11) is 1.71. The van der Waals surface area contributed by atoms with Crippen LogP contribution in [0.1, 0.15) is 44.1 Å². The molecule has 0 radical (unpaired) electrons. The van der Waals surface area contributed by atoms with Crippen LogP contribution in [0, 0.1) is 19.8 Å². The molecule has 0 saturated carbocycles. The first-order valence-corrected chi connectivity index (χ1v) is 8.53. The Morgan fingerprint density at radius 2 is 2.04 bits per heavy atom. The molecule has 0 saturated heterocycles. The highest BCUT2D eigenvalue weighted by molar-refractivity contribution is 5.79. The van der Waals surface area contributed by atoms with E-state index in [0.29, 0.717) is 19.1 Å². The second-order valence-corrected chi connectivity index (χ2v) is 6.17. The van der Waals surface area contributed by atoms with Crippen molar-refractivity contribution in [3.05, 3.63) is 17.0 Å². The number of nitrogens with one attached hydrogen (secondary N) is 2. The average Bonchev–Trinajstić information content (AvgIpc) is 2.76. The molecule has 0 spiro atoms. The van der Waals surface area contributed by atoms with Crippen molar-refractivity contribution in [3.63, 3.8) is 0 Å². The number of ether oxygens (including phenoxy) is 1. The van der Waals surface area contributed by atoms with Gasteiger partial charge in [-0.15, -0.1) is 0 Å². The predicted molar refractivity (Wildman–Crippen MR) is 95.9 cm³/mol. The second kappa shape index (κ2) is 10.3. The summed E-state index contributed by atoms with van der Waals surface area (Å²) >= 11 is 0. The molecule has 1 aromatic heterocycles. The topological polar surface area (TPSA) is 63.5 Å². The standard InChI is InChI=1S/C17H33N5O/c1-7-18-17(19-9-8-13(2)3)20-12-16-14(4)21-22(15(16)5)10-11-23-6/h13H,7-12H2,1-6H3,(H2,18,19,20). The Balaban J connectivity index is 2.72. The van der Waals surface area contributed by atoms with Crippen LogP contribution in [0.25, 0.3) is 0 Å². The highest BCUT2D eigenvalue weighted by Gasteiger charge is 2.11. The predicted octanol–water partition coefficient (Wildman–Crippen LogP) is 2.25. The number of methoxy groups -OCH3 is 1. The van der Waals surface area contributed by atoms with Crippen LogP contribution < -0.4 is 10.6 Å². The maximum absolute atomic E-state index is 5.14. The van der Waals surface area contributed by atoms with Gasteiger partial charge in [-0.3, -0.25) is 4.68 Å². The maximum atomic E-state index is 5.14. The number of nitrogens with zero attached hydrogens (tertiary/aromatic N) is 3. The van der Waals surface area contributed by atoms with Crippen molar-refractivity contribution in [2.45, 2.75) is 54.1 Å². The summed E-state index contributed by atoms with van der Waals surface area (Å²) in [5.74, 6) is 1.56. The normalized spacial score (nSPS) is 12.0. The fourth-order valence-electron chi connectivity index (χ4n) is 2.34. The van der Waals surface area contributed by atoms with E-state index in [0.717, 1.165) is 37.7 Å². The molecule has 6 nitrogen and oxygen atoms in total. The Morgan fingerprint density at radius 1 is 1.30 bits per heavy atom. The van der Waals surface area contributed by atoms with Crippen LogP contribution in [0.15, 0.2) is 4.99 Å². The number of aryl methyl sites for hydroxylation is 1. The Bertz CT molecular complexity index is 493. The molecule has 0 aromatic carbocycles. The third-order valence-electron chi connectivity index (χ3n) is 3.79. The van der Waals surface area contributed by atoms with Crippen molar-refractivity contribution < 1.29 is 4.74 Å². The van der Waals surface area contributed by atoms with E-state index < -0.39 is 0 Å². The van der Waals surface area contributed by atoms with Crippen molar-refractivity contribution >= 4 is 5.96 Å². The van der Waals surface area contributed by atoms with E-state index in [4.69, 9.17) is 9.73 Å². The lowest BCUT2D eigenvalue weighted by atomic mass is 10.1. The van der Waals surface area contributed by atoms with Gasteiger partial charge in [-0.05, 0) is 33.1 Å². The molecule has 0 atom stereocenters. The van der Waals surface area contributed by atoms with Gasteiger partial charge in [0, 0.05) is 31.5 Å². The van der Waals surface area contributed by atoms with Gasteiger partial charge in [-0.1, -0.05) is 13.8 Å². The van der Waals surface area contributed by atoms with Crippen LogP contribution in [0.3, 0.4) is 0 Å². The van der Waals surface area contributed by atoms with Gasteiger partial charge in [0.15, 0.2) is 5.96 Å². The third kappa shape index (κ3) is 6.60. The summed E-state index contributed by atoms with van der Waals surface area (Å²) in [6, 6.07) is 0. The highest BCUT2D eigenvalue weighted by Crippen LogP contribution is 2.14. The zero-order chi connectivity index (χ0) is 17.2. The monoisotopic (exact) mass is 323 g/mol. The molecule has 1 heterocycles. The molecule has 0 aliphatic rings. The molecule has 6 heteroatoms. The Hall–Kier alpha value is -1.56. The lowest BCUT2D eigenvalue weighted by molar-refractivity contribution is 0.182. The van der Waals surface area contributed by atoms with E-state index in [2.05, 4.69) is 43.4 Å². The second-order valence-electron chi connectivity index (χ2n) is 6.17. The van der Waals surface area contributed by atoms with Gasteiger partial charge in [0.2, 0.25) is 0 Å². The Morgan fingerprint density at radius 3 is 2.65 bits per heavy atom. The fourth-order valence-corrected chi connectivity index (χ4v) is 2.34. The smallest absolute Gasteiger partial charge is 0.191 e. The maximum Gasteiger partial charge on any atom is 0.191 e. The minimum atomic E-state index is 0.641. The molecule has 132 valence electrons. The van der Waals surface area contributed by atoms with Crippen LogP contribution in [0.5, 0.6) is 0 Å². The number of guanidine groups is 1.